The molecule has 2 rings (SSSR count). The van der Waals surface area contributed by atoms with Crippen molar-refractivity contribution >= 4 is 34.9 Å². The van der Waals surface area contributed by atoms with Gasteiger partial charge in [0, 0.05) is 22.8 Å². The van der Waals surface area contributed by atoms with Gasteiger partial charge in [-0.25, -0.2) is 4.79 Å². The first-order chi connectivity index (χ1) is 10.1. The van der Waals surface area contributed by atoms with E-state index in [2.05, 4.69) is 10.6 Å². The molecule has 0 aliphatic rings. The summed E-state index contributed by atoms with van der Waals surface area (Å²) in [5.74, 6) is 0.131. The summed E-state index contributed by atoms with van der Waals surface area (Å²) in [5, 5.41) is 5.21. The van der Waals surface area contributed by atoms with E-state index < -0.39 is 6.03 Å². The minimum absolute atomic E-state index is 0.224. The van der Waals surface area contributed by atoms with E-state index >= 15 is 0 Å². The number of anilines is 2. The minimum Gasteiger partial charge on any atom is -0.351 e. The molecule has 108 valence electrons. The number of primary amides is 1. The second-order valence-electron chi connectivity index (χ2n) is 4.35. The number of carbonyl (C=O) groups excluding carboxylic acids is 2. The van der Waals surface area contributed by atoms with E-state index in [-0.39, 0.29) is 5.91 Å². The summed E-state index contributed by atoms with van der Waals surface area (Å²) >= 11 is 5.75. The molecular formula is C15H14ClN3O2. The predicted molar refractivity (Wildman–Crippen MR) is 83.6 cm³/mol. The molecule has 0 atom stereocenters. The van der Waals surface area contributed by atoms with Gasteiger partial charge in [-0.1, -0.05) is 12.1 Å². The number of alkyl halides is 1. The highest BCUT2D eigenvalue weighted by Crippen LogP contribution is 2.15. The van der Waals surface area contributed by atoms with Gasteiger partial charge in [-0.05, 0) is 42.0 Å². The van der Waals surface area contributed by atoms with Crippen LogP contribution in [0.5, 0.6) is 0 Å². The highest BCUT2D eigenvalue weighted by Gasteiger charge is 2.06. The van der Waals surface area contributed by atoms with Gasteiger partial charge in [-0.15, -0.1) is 11.6 Å². The third kappa shape index (κ3) is 4.22. The first kappa shape index (κ1) is 14.9. The molecule has 6 heteroatoms. The van der Waals surface area contributed by atoms with Crippen LogP contribution in [0, 0.1) is 0 Å². The highest BCUT2D eigenvalue weighted by atomic mass is 35.5. The Kier molecular flexibility index (Phi) is 4.79. The number of hydrogen-bond donors (Lipinski definition) is 3. The Labute approximate surface area is 127 Å². The molecule has 0 radical (unpaired) electrons. The molecule has 0 saturated heterocycles. The number of halogens is 1. The summed E-state index contributed by atoms with van der Waals surface area (Å²) in [6, 6.07) is 13.1. The Bertz CT molecular complexity index is 656. The molecule has 5 nitrogen and oxygen atoms in total. The maximum atomic E-state index is 12.1. The zero-order chi connectivity index (χ0) is 15.2. The van der Waals surface area contributed by atoms with E-state index in [9.17, 15) is 9.59 Å². The number of amides is 3. The van der Waals surface area contributed by atoms with Gasteiger partial charge in [0.2, 0.25) is 0 Å². The van der Waals surface area contributed by atoms with E-state index in [1.165, 1.54) is 0 Å². The van der Waals surface area contributed by atoms with Crippen molar-refractivity contribution < 1.29 is 9.59 Å². The van der Waals surface area contributed by atoms with E-state index in [1.807, 2.05) is 6.07 Å². The second kappa shape index (κ2) is 6.76. The number of hydrogen-bond acceptors (Lipinski definition) is 2. The van der Waals surface area contributed by atoms with Crippen LogP contribution in [0.25, 0.3) is 0 Å². The number of urea groups is 1. The Morgan fingerprint density at radius 1 is 1.00 bits per heavy atom. The van der Waals surface area contributed by atoms with Gasteiger partial charge in [0.25, 0.3) is 5.91 Å². The lowest BCUT2D eigenvalue weighted by atomic mass is 10.1. The molecule has 2 aromatic carbocycles. The predicted octanol–water partition coefficient (Wildman–Crippen LogP) is 3.17. The molecule has 2 aromatic rings. The molecule has 3 amide bonds. The summed E-state index contributed by atoms with van der Waals surface area (Å²) < 4.78 is 0. The van der Waals surface area contributed by atoms with Crippen LogP contribution in [0.2, 0.25) is 0 Å². The van der Waals surface area contributed by atoms with E-state index in [1.54, 1.807) is 42.5 Å². The summed E-state index contributed by atoms with van der Waals surface area (Å²) in [7, 11) is 0. The Morgan fingerprint density at radius 3 is 2.19 bits per heavy atom. The van der Waals surface area contributed by atoms with Crippen molar-refractivity contribution in [2.75, 3.05) is 10.6 Å². The topological polar surface area (TPSA) is 84.2 Å². The zero-order valence-corrected chi connectivity index (χ0v) is 11.9. The maximum absolute atomic E-state index is 12.1. The van der Waals surface area contributed by atoms with Gasteiger partial charge in [0.1, 0.15) is 0 Å². The lowest BCUT2D eigenvalue weighted by molar-refractivity contribution is 0.102. The van der Waals surface area contributed by atoms with Crippen molar-refractivity contribution in [1.82, 2.24) is 0 Å². The molecule has 0 aromatic heterocycles. The van der Waals surface area contributed by atoms with E-state index in [4.69, 9.17) is 17.3 Å². The third-order valence-electron chi connectivity index (χ3n) is 2.75. The molecule has 0 fully saturated rings. The van der Waals surface area contributed by atoms with Crippen LogP contribution in [0.15, 0.2) is 48.5 Å². The fourth-order valence-corrected chi connectivity index (χ4v) is 1.94. The fraction of sp³-hybridized carbons (Fsp3) is 0.0667. The van der Waals surface area contributed by atoms with Crippen molar-refractivity contribution in [2.24, 2.45) is 5.73 Å². The number of carbonyl (C=O) groups is 2. The summed E-state index contributed by atoms with van der Waals surface area (Å²) in [5.41, 5.74) is 7.61. The Balaban J connectivity index is 2.06. The first-order valence-electron chi connectivity index (χ1n) is 6.21. The zero-order valence-electron chi connectivity index (χ0n) is 11.1. The van der Waals surface area contributed by atoms with Crippen LogP contribution in [-0.4, -0.2) is 11.9 Å². The van der Waals surface area contributed by atoms with Gasteiger partial charge in [0.05, 0.1) is 0 Å². The van der Waals surface area contributed by atoms with Gasteiger partial charge in [-0.2, -0.15) is 0 Å². The van der Waals surface area contributed by atoms with Crippen molar-refractivity contribution in [3.8, 4) is 0 Å². The van der Waals surface area contributed by atoms with Crippen LogP contribution >= 0.6 is 11.6 Å². The monoisotopic (exact) mass is 303 g/mol. The number of nitrogens with one attached hydrogen (secondary N) is 2. The average Bonchev–Trinajstić information content (AvgIpc) is 2.49. The standard InChI is InChI=1S/C15H14ClN3O2/c16-9-10-2-1-3-11(8-10)14(20)18-12-4-6-13(7-5-12)19-15(17)21/h1-8H,9H2,(H,18,20)(H3,17,19,21). The van der Waals surface area contributed by atoms with Crippen LogP contribution < -0.4 is 16.4 Å². The van der Waals surface area contributed by atoms with Crippen molar-refractivity contribution in [1.29, 1.82) is 0 Å². The van der Waals surface area contributed by atoms with Crippen molar-refractivity contribution in [2.45, 2.75) is 5.88 Å². The molecule has 4 N–H and O–H groups in total. The molecule has 0 aliphatic heterocycles. The Hall–Kier alpha value is -2.53. The normalized spacial score (nSPS) is 9.95. The first-order valence-corrected chi connectivity index (χ1v) is 6.74. The summed E-state index contributed by atoms with van der Waals surface area (Å²) in [6.07, 6.45) is 0. The molecule has 0 aliphatic carbocycles. The minimum atomic E-state index is -0.635. The lowest BCUT2D eigenvalue weighted by Gasteiger charge is -2.07. The summed E-state index contributed by atoms with van der Waals surface area (Å²) in [4.78, 5) is 22.8. The highest BCUT2D eigenvalue weighted by molar-refractivity contribution is 6.17. The fourth-order valence-electron chi connectivity index (χ4n) is 1.78. The van der Waals surface area contributed by atoms with Crippen molar-refractivity contribution in [3.63, 3.8) is 0 Å². The van der Waals surface area contributed by atoms with E-state index in [0.29, 0.717) is 22.8 Å². The molecule has 0 saturated carbocycles. The van der Waals surface area contributed by atoms with Gasteiger partial charge in [0.15, 0.2) is 0 Å². The van der Waals surface area contributed by atoms with Crippen LogP contribution in [-0.2, 0) is 5.88 Å². The molecule has 0 bridgehead atoms. The molecule has 21 heavy (non-hydrogen) atoms. The molecule has 0 heterocycles. The van der Waals surface area contributed by atoms with Crippen LogP contribution in [0.3, 0.4) is 0 Å². The van der Waals surface area contributed by atoms with Crippen LogP contribution in [0.4, 0.5) is 16.2 Å². The summed E-state index contributed by atoms with van der Waals surface area (Å²) in [6.45, 7) is 0. The van der Waals surface area contributed by atoms with Gasteiger partial charge < -0.3 is 16.4 Å². The van der Waals surface area contributed by atoms with Gasteiger partial charge in [-0.3, -0.25) is 4.79 Å². The van der Waals surface area contributed by atoms with Gasteiger partial charge >= 0.3 is 6.03 Å². The number of rotatable bonds is 4. The quantitative estimate of drug-likeness (QED) is 0.758. The number of benzene rings is 2. The Morgan fingerprint density at radius 2 is 1.62 bits per heavy atom. The third-order valence-corrected chi connectivity index (χ3v) is 3.06. The largest absolute Gasteiger partial charge is 0.351 e. The molecule has 0 unspecified atom stereocenters. The number of nitrogens with two attached hydrogens (primary N) is 1. The van der Waals surface area contributed by atoms with E-state index in [0.717, 1.165) is 5.56 Å². The maximum Gasteiger partial charge on any atom is 0.316 e. The second-order valence-corrected chi connectivity index (χ2v) is 4.62. The smallest absolute Gasteiger partial charge is 0.316 e. The van der Waals surface area contributed by atoms with Crippen molar-refractivity contribution in [3.05, 3.63) is 59.7 Å². The average molecular weight is 304 g/mol. The van der Waals surface area contributed by atoms with Crippen LogP contribution in [0.1, 0.15) is 15.9 Å². The molecular weight excluding hydrogens is 290 g/mol. The lowest BCUT2D eigenvalue weighted by Crippen LogP contribution is -2.19. The molecule has 0 spiro atoms. The SMILES string of the molecule is NC(=O)Nc1ccc(NC(=O)c2cccc(CCl)c2)cc1.